The molecule has 1 aromatic carbocycles. The van der Waals surface area contributed by atoms with Gasteiger partial charge in [-0.25, -0.2) is 4.98 Å². The summed E-state index contributed by atoms with van der Waals surface area (Å²) in [6.07, 6.45) is 3.70. The Hall–Kier alpha value is -2.25. The van der Waals surface area contributed by atoms with Crippen LogP contribution in [-0.2, 0) is 9.59 Å². The summed E-state index contributed by atoms with van der Waals surface area (Å²) in [5.41, 5.74) is 0.895. The van der Waals surface area contributed by atoms with E-state index in [-0.39, 0.29) is 18.4 Å². The van der Waals surface area contributed by atoms with Crippen LogP contribution in [0.1, 0.15) is 24.4 Å². The van der Waals surface area contributed by atoms with Crippen molar-refractivity contribution in [1.29, 1.82) is 0 Å². The van der Waals surface area contributed by atoms with Crippen LogP contribution >= 0.6 is 15.9 Å². The lowest BCUT2D eigenvalue weighted by atomic mass is 10.0. The van der Waals surface area contributed by atoms with Crippen molar-refractivity contribution >= 4 is 33.6 Å². The number of hydrogen-bond donors (Lipinski definition) is 1. The molecule has 1 fully saturated rings. The molecular weight excluding hydrogens is 408 g/mol. The summed E-state index contributed by atoms with van der Waals surface area (Å²) in [7, 11) is 1.81. The number of amides is 2. The highest BCUT2D eigenvalue weighted by Gasteiger charge is 2.31. The van der Waals surface area contributed by atoms with E-state index in [0.29, 0.717) is 5.82 Å². The van der Waals surface area contributed by atoms with Crippen LogP contribution in [0.25, 0.3) is 0 Å². The molecule has 1 N–H and O–H groups in total. The molecule has 2 heterocycles. The zero-order chi connectivity index (χ0) is 19.2. The van der Waals surface area contributed by atoms with Crippen LogP contribution in [0.4, 0.5) is 5.82 Å². The summed E-state index contributed by atoms with van der Waals surface area (Å²) >= 11 is 3.32. The fraction of sp³-hybridized carbons (Fsp3) is 0.350. The van der Waals surface area contributed by atoms with Gasteiger partial charge in [-0.2, -0.15) is 0 Å². The molecule has 1 saturated heterocycles. The molecule has 1 atom stereocenters. The average Bonchev–Trinajstić information content (AvgIpc) is 3.19. The Balaban J connectivity index is 1.72. The number of rotatable bonds is 6. The predicted molar refractivity (Wildman–Crippen MR) is 108 cm³/mol. The number of carbonyl (C=O) groups is 2. The molecule has 7 heteroatoms. The number of nitrogens with zero attached hydrogens (tertiary/aromatic N) is 3. The predicted octanol–water partition coefficient (Wildman–Crippen LogP) is 3.08. The molecule has 1 unspecified atom stereocenters. The second-order valence-corrected chi connectivity index (χ2v) is 7.59. The standard InChI is InChI=1S/C20H23BrN4O2/c1-24(14-18(26)23-17-10-9-16(21)13-22-17)19(15-7-3-2-4-8-15)20(27)25-11-5-6-12-25/h2-4,7-10,13,19H,5-6,11-12,14H2,1H3,(H,22,23,26). The largest absolute Gasteiger partial charge is 0.341 e. The van der Waals surface area contributed by atoms with E-state index in [9.17, 15) is 9.59 Å². The first-order valence-electron chi connectivity index (χ1n) is 9.00. The summed E-state index contributed by atoms with van der Waals surface area (Å²) in [6.45, 7) is 1.66. The lowest BCUT2D eigenvalue weighted by Crippen LogP contribution is -2.43. The van der Waals surface area contributed by atoms with Crippen molar-refractivity contribution in [2.75, 3.05) is 32.0 Å². The molecule has 3 rings (SSSR count). The first kappa shape index (κ1) is 19.5. The van der Waals surface area contributed by atoms with Crippen molar-refractivity contribution in [2.24, 2.45) is 0 Å². The quantitative estimate of drug-likeness (QED) is 0.764. The van der Waals surface area contributed by atoms with E-state index in [0.717, 1.165) is 36.0 Å². The van der Waals surface area contributed by atoms with Crippen LogP contribution in [0, 0.1) is 0 Å². The topological polar surface area (TPSA) is 65.5 Å². The van der Waals surface area contributed by atoms with Crippen LogP contribution in [0.3, 0.4) is 0 Å². The van der Waals surface area contributed by atoms with Gasteiger partial charge in [0.15, 0.2) is 0 Å². The van der Waals surface area contributed by atoms with Crippen molar-refractivity contribution in [2.45, 2.75) is 18.9 Å². The van der Waals surface area contributed by atoms with E-state index >= 15 is 0 Å². The molecule has 0 aliphatic carbocycles. The van der Waals surface area contributed by atoms with E-state index in [1.807, 2.05) is 41.3 Å². The summed E-state index contributed by atoms with van der Waals surface area (Å²) < 4.78 is 0.845. The van der Waals surface area contributed by atoms with Crippen LogP contribution < -0.4 is 5.32 Å². The van der Waals surface area contributed by atoms with Gasteiger partial charge >= 0.3 is 0 Å². The molecule has 0 spiro atoms. The number of halogens is 1. The third-order valence-corrected chi connectivity index (χ3v) is 5.06. The zero-order valence-corrected chi connectivity index (χ0v) is 16.9. The molecule has 1 aliphatic heterocycles. The van der Waals surface area contributed by atoms with Crippen LogP contribution in [0.5, 0.6) is 0 Å². The van der Waals surface area contributed by atoms with Crippen molar-refractivity contribution in [3.8, 4) is 0 Å². The Bertz CT molecular complexity index is 776. The summed E-state index contributed by atoms with van der Waals surface area (Å²) in [6, 6.07) is 12.7. The van der Waals surface area contributed by atoms with Gasteiger partial charge in [-0.1, -0.05) is 30.3 Å². The maximum absolute atomic E-state index is 13.1. The Morgan fingerprint density at radius 2 is 1.89 bits per heavy atom. The Labute approximate surface area is 167 Å². The van der Waals surface area contributed by atoms with E-state index in [2.05, 4.69) is 26.2 Å². The van der Waals surface area contributed by atoms with E-state index < -0.39 is 6.04 Å². The van der Waals surface area contributed by atoms with Gasteiger partial charge in [0.2, 0.25) is 11.8 Å². The molecule has 0 bridgehead atoms. The normalized spacial score (nSPS) is 15.0. The molecule has 1 aliphatic rings. The number of likely N-dealkylation sites (N-methyl/N-ethyl adjacent to an activating group) is 1. The minimum absolute atomic E-state index is 0.0516. The molecular formula is C20H23BrN4O2. The van der Waals surface area contributed by atoms with Crippen molar-refractivity contribution in [1.82, 2.24) is 14.8 Å². The summed E-state index contributed by atoms with van der Waals surface area (Å²) in [5.74, 6) is 0.331. The first-order valence-corrected chi connectivity index (χ1v) is 9.79. The molecule has 2 aromatic rings. The van der Waals surface area contributed by atoms with E-state index in [4.69, 9.17) is 0 Å². The molecule has 0 saturated carbocycles. The molecule has 0 radical (unpaired) electrons. The fourth-order valence-electron chi connectivity index (χ4n) is 3.28. The number of anilines is 1. The second kappa shape index (κ2) is 9.10. The Morgan fingerprint density at radius 1 is 1.19 bits per heavy atom. The van der Waals surface area contributed by atoms with Gasteiger partial charge in [-0.05, 0) is 53.5 Å². The molecule has 1 aromatic heterocycles. The van der Waals surface area contributed by atoms with Gasteiger partial charge in [0, 0.05) is 23.8 Å². The molecule has 142 valence electrons. The number of carbonyl (C=O) groups excluding carboxylic acids is 2. The second-order valence-electron chi connectivity index (χ2n) is 6.67. The number of aromatic nitrogens is 1. The lowest BCUT2D eigenvalue weighted by Gasteiger charge is -2.30. The third kappa shape index (κ3) is 5.14. The lowest BCUT2D eigenvalue weighted by molar-refractivity contribution is -0.136. The van der Waals surface area contributed by atoms with Crippen molar-refractivity contribution < 1.29 is 9.59 Å². The number of benzene rings is 1. The number of hydrogen-bond acceptors (Lipinski definition) is 4. The van der Waals surface area contributed by atoms with E-state index in [1.54, 1.807) is 24.2 Å². The van der Waals surface area contributed by atoms with Crippen LogP contribution in [0.15, 0.2) is 53.1 Å². The minimum Gasteiger partial charge on any atom is -0.341 e. The van der Waals surface area contributed by atoms with Gasteiger partial charge in [0.1, 0.15) is 11.9 Å². The smallest absolute Gasteiger partial charge is 0.244 e. The third-order valence-electron chi connectivity index (χ3n) is 4.60. The maximum atomic E-state index is 13.1. The number of nitrogens with one attached hydrogen (secondary N) is 1. The molecule has 6 nitrogen and oxygen atoms in total. The highest BCUT2D eigenvalue weighted by atomic mass is 79.9. The van der Waals surface area contributed by atoms with Gasteiger partial charge in [-0.15, -0.1) is 0 Å². The summed E-state index contributed by atoms with van der Waals surface area (Å²) in [5, 5.41) is 2.78. The number of pyridine rings is 1. The highest BCUT2D eigenvalue weighted by molar-refractivity contribution is 9.10. The summed E-state index contributed by atoms with van der Waals surface area (Å²) in [4.78, 5) is 33.4. The Morgan fingerprint density at radius 3 is 2.52 bits per heavy atom. The average molecular weight is 431 g/mol. The molecule has 2 amide bonds. The van der Waals surface area contributed by atoms with Gasteiger partial charge in [-0.3, -0.25) is 14.5 Å². The monoisotopic (exact) mass is 430 g/mol. The Kier molecular flexibility index (Phi) is 6.58. The zero-order valence-electron chi connectivity index (χ0n) is 15.3. The van der Waals surface area contributed by atoms with Crippen LogP contribution in [-0.4, -0.2) is 53.3 Å². The maximum Gasteiger partial charge on any atom is 0.244 e. The first-order chi connectivity index (χ1) is 13.0. The van der Waals surface area contributed by atoms with E-state index in [1.165, 1.54) is 0 Å². The van der Waals surface area contributed by atoms with Crippen LogP contribution in [0.2, 0.25) is 0 Å². The fourth-order valence-corrected chi connectivity index (χ4v) is 3.52. The highest BCUT2D eigenvalue weighted by Crippen LogP contribution is 2.24. The van der Waals surface area contributed by atoms with Crippen molar-refractivity contribution in [3.63, 3.8) is 0 Å². The molecule has 27 heavy (non-hydrogen) atoms. The van der Waals surface area contributed by atoms with Gasteiger partial charge < -0.3 is 10.2 Å². The SMILES string of the molecule is CN(CC(=O)Nc1ccc(Br)cn1)C(C(=O)N1CCCC1)c1ccccc1. The number of likely N-dealkylation sites (tertiary alicyclic amines) is 1. The van der Waals surface area contributed by atoms with Gasteiger partial charge in [0.25, 0.3) is 0 Å². The van der Waals surface area contributed by atoms with Crippen molar-refractivity contribution in [3.05, 3.63) is 58.7 Å². The van der Waals surface area contributed by atoms with Gasteiger partial charge in [0.05, 0.1) is 6.54 Å². The minimum atomic E-state index is -0.479.